The van der Waals surface area contributed by atoms with E-state index in [0.717, 1.165) is 22.0 Å². The number of nitrogens with zero attached hydrogens (tertiary/aromatic N) is 2. The van der Waals surface area contributed by atoms with Crippen molar-refractivity contribution in [1.82, 2.24) is 9.97 Å². The third kappa shape index (κ3) is 3.25. The van der Waals surface area contributed by atoms with E-state index in [-0.39, 0.29) is 11.7 Å². The minimum Gasteiger partial charge on any atom is -0.451 e. The van der Waals surface area contributed by atoms with Crippen LogP contribution in [0.3, 0.4) is 0 Å². The van der Waals surface area contributed by atoms with Crippen molar-refractivity contribution in [2.45, 2.75) is 11.9 Å². The molecule has 0 spiro atoms. The van der Waals surface area contributed by atoms with Crippen LogP contribution < -0.4 is 5.32 Å². The first-order chi connectivity index (χ1) is 12.6. The number of carbonyl (C=O) groups is 1. The first-order valence-corrected chi connectivity index (χ1v) is 9.29. The number of furan rings is 1. The van der Waals surface area contributed by atoms with E-state index in [4.69, 9.17) is 16.0 Å². The third-order valence-electron chi connectivity index (χ3n) is 3.94. The molecule has 1 amide bonds. The highest BCUT2D eigenvalue weighted by Gasteiger charge is 2.15. The van der Waals surface area contributed by atoms with Crippen molar-refractivity contribution in [3.8, 4) is 0 Å². The summed E-state index contributed by atoms with van der Waals surface area (Å²) in [5, 5.41) is 5.04. The first-order valence-electron chi connectivity index (χ1n) is 7.93. The number of thioether (sulfide) groups is 1. The van der Waals surface area contributed by atoms with Crippen molar-refractivity contribution >= 4 is 57.0 Å². The SMILES string of the molecule is Cc1ccc(Cl)cc1NC(=O)CSc1ncnc2c1oc1ccccc12. The Bertz CT molecular complexity index is 1130. The number of para-hydroxylation sites is 1. The third-order valence-corrected chi connectivity index (χ3v) is 5.14. The van der Waals surface area contributed by atoms with Gasteiger partial charge in [-0.05, 0) is 36.8 Å². The zero-order chi connectivity index (χ0) is 18.1. The monoisotopic (exact) mass is 383 g/mol. The topological polar surface area (TPSA) is 68.0 Å². The molecule has 0 aliphatic carbocycles. The van der Waals surface area contributed by atoms with E-state index < -0.39 is 0 Å². The van der Waals surface area contributed by atoms with Gasteiger partial charge in [0.05, 0.1) is 5.75 Å². The maximum Gasteiger partial charge on any atom is 0.234 e. The fourth-order valence-electron chi connectivity index (χ4n) is 2.65. The second-order valence-corrected chi connectivity index (χ2v) is 7.15. The molecule has 130 valence electrons. The fourth-order valence-corrected chi connectivity index (χ4v) is 3.56. The Hall–Kier alpha value is -2.57. The zero-order valence-electron chi connectivity index (χ0n) is 13.8. The number of aryl methyl sites for hydroxylation is 1. The Kier molecular flexibility index (Phi) is 4.53. The molecule has 0 saturated carbocycles. The Balaban J connectivity index is 1.54. The maximum atomic E-state index is 12.3. The fraction of sp³-hybridized carbons (Fsp3) is 0.105. The van der Waals surface area contributed by atoms with Gasteiger partial charge in [-0.3, -0.25) is 4.79 Å². The van der Waals surface area contributed by atoms with Crippen LogP contribution in [0.5, 0.6) is 0 Å². The Morgan fingerprint density at radius 1 is 1.23 bits per heavy atom. The summed E-state index contributed by atoms with van der Waals surface area (Å²) in [6.07, 6.45) is 1.49. The molecule has 2 aromatic heterocycles. The summed E-state index contributed by atoms with van der Waals surface area (Å²) in [5.41, 5.74) is 3.77. The van der Waals surface area contributed by atoms with Gasteiger partial charge in [-0.2, -0.15) is 0 Å². The van der Waals surface area contributed by atoms with Gasteiger partial charge in [0.15, 0.2) is 5.58 Å². The van der Waals surface area contributed by atoms with Gasteiger partial charge in [0.25, 0.3) is 0 Å². The number of hydrogen-bond acceptors (Lipinski definition) is 5. The molecule has 2 heterocycles. The van der Waals surface area contributed by atoms with E-state index >= 15 is 0 Å². The van der Waals surface area contributed by atoms with Crippen LogP contribution in [0, 0.1) is 6.92 Å². The molecule has 0 bridgehead atoms. The Labute approximate surface area is 158 Å². The molecule has 0 unspecified atom stereocenters. The van der Waals surface area contributed by atoms with E-state index in [0.29, 0.717) is 21.3 Å². The largest absolute Gasteiger partial charge is 0.451 e. The lowest BCUT2D eigenvalue weighted by atomic mass is 10.2. The molecule has 0 saturated heterocycles. The molecule has 1 N–H and O–H groups in total. The number of fused-ring (bicyclic) bond motifs is 3. The van der Waals surface area contributed by atoms with Crippen LogP contribution in [0.4, 0.5) is 5.69 Å². The number of carbonyl (C=O) groups excluding carboxylic acids is 1. The molecule has 0 radical (unpaired) electrons. The van der Waals surface area contributed by atoms with Crippen molar-refractivity contribution in [1.29, 1.82) is 0 Å². The van der Waals surface area contributed by atoms with Crippen LogP contribution in [0.25, 0.3) is 22.1 Å². The highest BCUT2D eigenvalue weighted by atomic mass is 35.5. The van der Waals surface area contributed by atoms with Crippen molar-refractivity contribution in [2.75, 3.05) is 11.1 Å². The van der Waals surface area contributed by atoms with E-state index in [2.05, 4.69) is 15.3 Å². The van der Waals surface area contributed by atoms with Gasteiger partial charge in [0, 0.05) is 16.1 Å². The molecule has 0 fully saturated rings. The number of nitrogens with one attached hydrogen (secondary N) is 1. The van der Waals surface area contributed by atoms with Crippen molar-refractivity contribution < 1.29 is 9.21 Å². The number of benzene rings is 2. The van der Waals surface area contributed by atoms with Crippen molar-refractivity contribution in [2.24, 2.45) is 0 Å². The van der Waals surface area contributed by atoms with Crippen LogP contribution in [0.1, 0.15) is 5.56 Å². The van der Waals surface area contributed by atoms with E-state index in [1.807, 2.05) is 37.3 Å². The summed E-state index contributed by atoms with van der Waals surface area (Å²) in [5.74, 6) is 0.0676. The van der Waals surface area contributed by atoms with Crippen LogP contribution in [-0.4, -0.2) is 21.6 Å². The van der Waals surface area contributed by atoms with Crippen LogP contribution >= 0.6 is 23.4 Å². The summed E-state index contributed by atoms with van der Waals surface area (Å²) in [4.78, 5) is 20.9. The minimum atomic E-state index is -0.136. The molecular formula is C19H14ClN3O2S. The van der Waals surface area contributed by atoms with E-state index in [9.17, 15) is 4.79 Å². The molecule has 7 heteroatoms. The summed E-state index contributed by atoms with van der Waals surface area (Å²) in [6, 6.07) is 13.1. The van der Waals surface area contributed by atoms with Gasteiger partial charge >= 0.3 is 0 Å². The second-order valence-electron chi connectivity index (χ2n) is 5.75. The molecule has 4 aromatic rings. The number of halogens is 1. The second kappa shape index (κ2) is 6.97. The lowest BCUT2D eigenvalue weighted by Gasteiger charge is -2.08. The van der Waals surface area contributed by atoms with Gasteiger partial charge in [0.2, 0.25) is 5.91 Å². The number of anilines is 1. The lowest BCUT2D eigenvalue weighted by Crippen LogP contribution is -2.15. The lowest BCUT2D eigenvalue weighted by molar-refractivity contribution is -0.113. The summed E-state index contributed by atoms with van der Waals surface area (Å²) < 4.78 is 5.87. The summed E-state index contributed by atoms with van der Waals surface area (Å²) in [7, 11) is 0. The van der Waals surface area contributed by atoms with Gasteiger partial charge < -0.3 is 9.73 Å². The first kappa shape index (κ1) is 16.9. The van der Waals surface area contributed by atoms with E-state index in [1.54, 1.807) is 12.1 Å². The molecule has 0 atom stereocenters. The average molecular weight is 384 g/mol. The standard InChI is InChI=1S/C19H14ClN3O2S/c1-11-6-7-12(20)8-14(11)23-16(24)9-26-19-18-17(21-10-22-19)13-4-2-3-5-15(13)25-18/h2-8,10H,9H2,1H3,(H,23,24). The van der Waals surface area contributed by atoms with E-state index in [1.165, 1.54) is 18.1 Å². The molecule has 4 rings (SSSR count). The van der Waals surface area contributed by atoms with Crippen LogP contribution in [0.2, 0.25) is 5.02 Å². The van der Waals surface area contributed by atoms with Crippen LogP contribution in [0.15, 0.2) is 58.2 Å². The Morgan fingerprint density at radius 2 is 2.08 bits per heavy atom. The quantitative estimate of drug-likeness (QED) is 0.393. The van der Waals surface area contributed by atoms with Gasteiger partial charge in [-0.15, -0.1) is 0 Å². The predicted octanol–water partition coefficient (Wildman–Crippen LogP) is 5.07. The highest BCUT2D eigenvalue weighted by molar-refractivity contribution is 8.00. The minimum absolute atomic E-state index is 0.136. The van der Waals surface area contributed by atoms with Crippen molar-refractivity contribution in [3.63, 3.8) is 0 Å². The molecule has 26 heavy (non-hydrogen) atoms. The summed E-state index contributed by atoms with van der Waals surface area (Å²) in [6.45, 7) is 1.92. The van der Waals surface area contributed by atoms with Gasteiger partial charge in [0.1, 0.15) is 22.5 Å². The molecular weight excluding hydrogens is 370 g/mol. The molecule has 2 aromatic carbocycles. The average Bonchev–Trinajstić information content (AvgIpc) is 3.02. The number of aromatic nitrogens is 2. The number of rotatable bonds is 4. The predicted molar refractivity (Wildman–Crippen MR) is 105 cm³/mol. The number of amides is 1. The molecule has 0 aliphatic heterocycles. The smallest absolute Gasteiger partial charge is 0.234 e. The van der Waals surface area contributed by atoms with Gasteiger partial charge in [-0.1, -0.05) is 41.6 Å². The highest BCUT2D eigenvalue weighted by Crippen LogP contribution is 2.32. The maximum absolute atomic E-state index is 12.3. The normalized spacial score (nSPS) is 11.2. The Morgan fingerprint density at radius 3 is 2.96 bits per heavy atom. The molecule has 0 aliphatic rings. The summed E-state index contributed by atoms with van der Waals surface area (Å²) >= 11 is 7.30. The number of hydrogen-bond donors (Lipinski definition) is 1. The van der Waals surface area contributed by atoms with Crippen molar-refractivity contribution in [3.05, 3.63) is 59.4 Å². The van der Waals surface area contributed by atoms with Crippen LogP contribution in [-0.2, 0) is 4.79 Å². The van der Waals surface area contributed by atoms with Gasteiger partial charge in [-0.25, -0.2) is 9.97 Å². The zero-order valence-corrected chi connectivity index (χ0v) is 15.4. The molecule has 5 nitrogen and oxygen atoms in total.